The molecule has 1 atom stereocenters. The smallest absolute Gasteiger partial charge is 0.335 e. The molecule has 0 saturated carbocycles. The van der Waals surface area contributed by atoms with Gasteiger partial charge in [0.25, 0.3) is 11.8 Å². The Kier molecular flexibility index (Phi) is 8.18. The van der Waals surface area contributed by atoms with Crippen molar-refractivity contribution in [3.63, 3.8) is 0 Å². The molecule has 0 bridgehead atoms. The molecule has 1 unspecified atom stereocenters. The van der Waals surface area contributed by atoms with E-state index in [1.807, 2.05) is 0 Å². The Labute approximate surface area is 259 Å². The van der Waals surface area contributed by atoms with Crippen molar-refractivity contribution in [1.29, 1.82) is 0 Å². The summed E-state index contributed by atoms with van der Waals surface area (Å²) in [6, 6.07) is 4.41. The van der Waals surface area contributed by atoms with Crippen LogP contribution in [-0.4, -0.2) is 43.3 Å². The van der Waals surface area contributed by atoms with Crippen molar-refractivity contribution in [1.82, 2.24) is 19.5 Å². The highest BCUT2D eigenvalue weighted by molar-refractivity contribution is 7.11. The maximum absolute atomic E-state index is 15.5. The van der Waals surface area contributed by atoms with Crippen molar-refractivity contribution in [2.75, 3.05) is 6.61 Å². The second kappa shape index (κ2) is 12.0. The number of nitrogens with zero attached hydrogens (tertiary/aromatic N) is 4. The Bertz CT molecular complexity index is 1990. The van der Waals surface area contributed by atoms with Gasteiger partial charge in [-0.2, -0.15) is 0 Å². The zero-order valence-electron chi connectivity index (χ0n) is 23.6. The zero-order valence-corrected chi connectivity index (χ0v) is 24.4. The summed E-state index contributed by atoms with van der Waals surface area (Å²) < 4.78 is 115. The topological polar surface area (TPSA) is 99.4 Å². The minimum absolute atomic E-state index is 0.0567. The van der Waals surface area contributed by atoms with Gasteiger partial charge in [0.15, 0.2) is 23.3 Å². The summed E-state index contributed by atoms with van der Waals surface area (Å²) in [4.78, 5) is 23.0. The first-order valence-corrected chi connectivity index (χ1v) is 14.4. The van der Waals surface area contributed by atoms with Crippen LogP contribution in [0, 0.1) is 29.1 Å². The number of ether oxygens (including phenoxy) is 2. The van der Waals surface area contributed by atoms with Crippen molar-refractivity contribution in [3.8, 4) is 17.1 Å². The van der Waals surface area contributed by atoms with Gasteiger partial charge in [-0.05, 0) is 36.8 Å². The minimum Gasteiger partial charge on any atom is -0.478 e. The number of pyridine rings is 1. The fourth-order valence-corrected chi connectivity index (χ4v) is 5.61. The van der Waals surface area contributed by atoms with Gasteiger partial charge in [-0.1, -0.05) is 0 Å². The Hall–Kier alpha value is -4.57. The minimum atomic E-state index is -3.14. The predicted octanol–water partition coefficient (Wildman–Crippen LogP) is 7.02. The van der Waals surface area contributed by atoms with Crippen LogP contribution in [0.15, 0.2) is 36.5 Å². The summed E-state index contributed by atoms with van der Waals surface area (Å²) in [5.74, 6) is -11.6. The van der Waals surface area contributed by atoms with Crippen LogP contribution in [0.25, 0.3) is 22.3 Å². The molecular weight excluding hydrogens is 645 g/mol. The van der Waals surface area contributed by atoms with Crippen molar-refractivity contribution in [3.05, 3.63) is 92.5 Å². The lowest BCUT2D eigenvalue weighted by Gasteiger charge is -2.27. The van der Waals surface area contributed by atoms with Gasteiger partial charge in [0, 0.05) is 37.3 Å². The highest BCUT2D eigenvalue weighted by Gasteiger charge is 2.29. The number of fused-ring (bicyclic) bond motifs is 1. The molecule has 1 saturated heterocycles. The van der Waals surface area contributed by atoms with Crippen LogP contribution in [0.1, 0.15) is 45.0 Å². The zero-order chi connectivity index (χ0) is 32.9. The Morgan fingerprint density at radius 3 is 2.50 bits per heavy atom. The summed E-state index contributed by atoms with van der Waals surface area (Å²) in [5.41, 5.74) is -2.36. The fourth-order valence-electron chi connectivity index (χ4n) is 4.85. The van der Waals surface area contributed by atoms with Crippen molar-refractivity contribution < 1.29 is 50.1 Å². The second-order valence-corrected chi connectivity index (χ2v) is 11.6. The van der Waals surface area contributed by atoms with E-state index in [9.17, 15) is 27.5 Å². The molecule has 1 aliphatic rings. The maximum Gasteiger partial charge on any atom is 0.335 e. The third kappa shape index (κ3) is 6.01. The third-order valence-electron chi connectivity index (χ3n) is 7.31. The number of rotatable bonds is 10. The Morgan fingerprint density at radius 2 is 1.85 bits per heavy atom. The molecular formula is C30H21F7N4O4S. The molecule has 5 aromatic rings. The molecule has 0 radical (unpaired) electrons. The largest absolute Gasteiger partial charge is 0.478 e. The number of hydrogen-bond donors (Lipinski definition) is 1. The lowest BCUT2D eigenvalue weighted by Crippen LogP contribution is -2.31. The van der Waals surface area contributed by atoms with Crippen LogP contribution in [0.3, 0.4) is 0 Å². The molecule has 3 aromatic heterocycles. The van der Waals surface area contributed by atoms with E-state index in [0.717, 1.165) is 24.4 Å². The summed E-state index contributed by atoms with van der Waals surface area (Å²) in [5, 5.41) is 9.46. The molecule has 8 nitrogen and oxygen atoms in total. The van der Waals surface area contributed by atoms with Crippen LogP contribution < -0.4 is 4.74 Å². The molecule has 0 spiro atoms. The molecule has 6 rings (SSSR count). The summed E-state index contributed by atoms with van der Waals surface area (Å²) >= 11 is 0.630. The van der Waals surface area contributed by atoms with E-state index in [0.29, 0.717) is 37.4 Å². The molecule has 1 fully saturated rings. The normalized spacial score (nSPS) is 14.9. The van der Waals surface area contributed by atoms with Crippen LogP contribution in [0.2, 0.25) is 0 Å². The highest BCUT2D eigenvalue weighted by atomic mass is 32.1. The van der Waals surface area contributed by atoms with E-state index in [2.05, 4.69) is 15.0 Å². The molecule has 1 aliphatic heterocycles. The van der Waals surface area contributed by atoms with Gasteiger partial charge < -0.3 is 19.1 Å². The number of thiazole rings is 1. The molecule has 2 aromatic carbocycles. The van der Waals surface area contributed by atoms with Gasteiger partial charge in [-0.3, -0.25) is 0 Å². The average Bonchev–Trinajstić information content (AvgIpc) is 3.60. The van der Waals surface area contributed by atoms with Gasteiger partial charge in [-0.25, -0.2) is 50.5 Å². The first-order chi connectivity index (χ1) is 21.8. The number of alkyl halides is 2. The number of carboxylic acids is 1. The molecule has 16 heteroatoms. The van der Waals surface area contributed by atoms with Gasteiger partial charge in [-0.15, -0.1) is 11.3 Å². The van der Waals surface area contributed by atoms with Crippen molar-refractivity contribution >= 4 is 28.3 Å². The molecule has 1 N–H and O–H groups in total. The fraction of sp³-hybridized carbons (Fsp3) is 0.267. The number of aromatic nitrogens is 4. The molecule has 46 heavy (non-hydrogen) atoms. The predicted molar refractivity (Wildman–Crippen MR) is 149 cm³/mol. The van der Waals surface area contributed by atoms with Gasteiger partial charge in [0.2, 0.25) is 0 Å². The number of benzene rings is 2. The first kappa shape index (κ1) is 31.4. The number of hydrogen-bond acceptors (Lipinski definition) is 7. The van der Waals surface area contributed by atoms with E-state index in [1.54, 1.807) is 0 Å². The van der Waals surface area contributed by atoms with E-state index < -0.39 is 76.7 Å². The van der Waals surface area contributed by atoms with E-state index in [-0.39, 0.29) is 45.0 Å². The molecule has 240 valence electrons. The summed E-state index contributed by atoms with van der Waals surface area (Å²) in [7, 11) is 0. The lowest BCUT2D eigenvalue weighted by molar-refractivity contribution is -0.0589. The summed E-state index contributed by atoms with van der Waals surface area (Å²) in [6.45, 7) is 0.763. The molecule has 0 amide bonds. The van der Waals surface area contributed by atoms with E-state index in [1.165, 1.54) is 10.6 Å². The standard InChI is InChI=1S/C30H21F7N4O4S/c1-30(36,37)22-10-38-24(46-22)12-45-28-17(31)2-3-20(39-28)16-8-18(32)15(25(34)26(16)35)9-23-40-27-19(33)6-13(29(42)43)7-21(27)41(23)11-14-4-5-44-14/h2-3,6-8,10,14H,4-5,9,11-12H2,1H3,(H,42,43). The van der Waals surface area contributed by atoms with Crippen molar-refractivity contribution in [2.45, 2.75) is 44.9 Å². The monoisotopic (exact) mass is 666 g/mol. The van der Waals surface area contributed by atoms with E-state index >= 15 is 13.2 Å². The molecule has 0 aliphatic carbocycles. The second-order valence-electron chi connectivity index (χ2n) is 10.5. The number of halogens is 7. The highest BCUT2D eigenvalue weighted by Crippen LogP contribution is 2.34. The maximum atomic E-state index is 15.5. The first-order valence-electron chi connectivity index (χ1n) is 13.6. The van der Waals surface area contributed by atoms with Crippen LogP contribution >= 0.6 is 11.3 Å². The summed E-state index contributed by atoms with van der Waals surface area (Å²) in [6.07, 6.45) is 0.595. The van der Waals surface area contributed by atoms with Crippen LogP contribution in [0.5, 0.6) is 5.88 Å². The van der Waals surface area contributed by atoms with Gasteiger partial charge in [0.1, 0.15) is 28.8 Å². The van der Waals surface area contributed by atoms with Crippen LogP contribution in [-0.2, 0) is 30.2 Å². The number of aromatic carboxylic acids is 1. The molecule has 4 heterocycles. The lowest BCUT2D eigenvalue weighted by atomic mass is 10.0. The SMILES string of the molecule is CC(F)(F)c1cnc(COc2nc(-c3cc(F)c(Cc4nc5c(F)cc(C(=O)O)cc5n4CC4CCO4)c(F)c3F)ccc2F)s1. The van der Waals surface area contributed by atoms with Crippen molar-refractivity contribution in [2.24, 2.45) is 0 Å². The van der Waals surface area contributed by atoms with Gasteiger partial charge in [0.05, 0.1) is 34.3 Å². The van der Waals surface area contributed by atoms with Crippen LogP contribution in [0.4, 0.5) is 30.7 Å². The number of carboxylic acid groups (broad SMARTS) is 1. The number of imidazole rings is 1. The van der Waals surface area contributed by atoms with Gasteiger partial charge >= 0.3 is 5.97 Å². The average molecular weight is 667 g/mol. The Balaban J connectivity index is 1.32. The third-order valence-corrected chi connectivity index (χ3v) is 8.45. The Morgan fingerprint density at radius 1 is 1.09 bits per heavy atom. The quantitative estimate of drug-likeness (QED) is 0.126. The van der Waals surface area contributed by atoms with E-state index in [4.69, 9.17) is 9.47 Å². The number of carbonyl (C=O) groups is 1.